The molecule has 92 valence electrons. The highest BCUT2D eigenvalue weighted by molar-refractivity contribution is 5.79. The number of aromatic nitrogens is 2. The Morgan fingerprint density at radius 3 is 2.82 bits per heavy atom. The van der Waals surface area contributed by atoms with Gasteiger partial charge in [-0.3, -0.25) is 0 Å². The number of aryl methyl sites for hydroxylation is 1. The molecule has 1 unspecified atom stereocenters. The third-order valence-corrected chi connectivity index (χ3v) is 3.08. The van der Waals surface area contributed by atoms with Crippen LogP contribution in [0.4, 0.5) is 5.69 Å². The van der Waals surface area contributed by atoms with Gasteiger partial charge in [-0.15, -0.1) is 0 Å². The fraction of sp³-hybridized carbons (Fsp3) is 0.462. The minimum atomic E-state index is 0.0798. The number of nitrogens with zero attached hydrogens (tertiary/aromatic N) is 2. The summed E-state index contributed by atoms with van der Waals surface area (Å²) >= 11 is 0. The van der Waals surface area contributed by atoms with Crippen molar-refractivity contribution in [3.8, 4) is 0 Å². The molecule has 1 aromatic heterocycles. The number of anilines is 1. The Bertz CT molecular complexity index is 504. The van der Waals surface area contributed by atoms with Crippen LogP contribution in [0.3, 0.4) is 0 Å². The lowest BCUT2D eigenvalue weighted by Crippen LogP contribution is -2.29. The van der Waals surface area contributed by atoms with Gasteiger partial charge in [-0.2, -0.15) is 0 Å². The predicted molar refractivity (Wildman–Crippen MR) is 70.0 cm³/mol. The van der Waals surface area contributed by atoms with E-state index in [0.29, 0.717) is 5.92 Å². The van der Waals surface area contributed by atoms with Crippen LogP contribution in [0.25, 0.3) is 11.0 Å². The zero-order chi connectivity index (χ0) is 12.4. The molecule has 1 heterocycles. The number of hydrogen-bond acceptors (Lipinski definition) is 3. The second-order valence-electron chi connectivity index (χ2n) is 4.74. The minimum absolute atomic E-state index is 0.0798. The highest BCUT2D eigenvalue weighted by atomic mass is 16.3. The number of nitrogens with one attached hydrogen (secondary N) is 1. The average molecular weight is 233 g/mol. The van der Waals surface area contributed by atoms with Crippen LogP contribution in [0.15, 0.2) is 24.5 Å². The van der Waals surface area contributed by atoms with Gasteiger partial charge in [0.05, 0.1) is 30.0 Å². The van der Waals surface area contributed by atoms with Crippen molar-refractivity contribution in [1.29, 1.82) is 0 Å². The number of benzene rings is 1. The molecule has 0 spiro atoms. The highest BCUT2D eigenvalue weighted by Gasteiger charge is 2.12. The zero-order valence-electron chi connectivity index (χ0n) is 10.5. The van der Waals surface area contributed by atoms with Crippen LogP contribution in [0, 0.1) is 5.92 Å². The van der Waals surface area contributed by atoms with Crippen molar-refractivity contribution in [2.45, 2.75) is 19.9 Å². The first-order chi connectivity index (χ1) is 8.11. The van der Waals surface area contributed by atoms with E-state index in [9.17, 15) is 5.11 Å². The topological polar surface area (TPSA) is 50.1 Å². The van der Waals surface area contributed by atoms with Crippen molar-refractivity contribution in [1.82, 2.24) is 9.55 Å². The van der Waals surface area contributed by atoms with Gasteiger partial charge < -0.3 is 15.0 Å². The fourth-order valence-electron chi connectivity index (χ4n) is 1.86. The van der Waals surface area contributed by atoms with E-state index in [1.54, 1.807) is 6.33 Å². The quantitative estimate of drug-likeness (QED) is 0.849. The van der Waals surface area contributed by atoms with E-state index in [-0.39, 0.29) is 12.6 Å². The first kappa shape index (κ1) is 11.9. The zero-order valence-corrected chi connectivity index (χ0v) is 10.5. The number of hydrogen-bond donors (Lipinski definition) is 2. The molecule has 0 radical (unpaired) electrons. The number of aliphatic hydroxyl groups excluding tert-OH is 1. The second-order valence-corrected chi connectivity index (χ2v) is 4.74. The second kappa shape index (κ2) is 4.75. The molecule has 2 aromatic rings. The van der Waals surface area contributed by atoms with Gasteiger partial charge in [-0.25, -0.2) is 4.98 Å². The number of fused-ring (bicyclic) bond motifs is 1. The lowest BCUT2D eigenvalue weighted by atomic mass is 10.1. The number of rotatable bonds is 4. The molecule has 4 heteroatoms. The van der Waals surface area contributed by atoms with Crippen molar-refractivity contribution in [3.63, 3.8) is 0 Å². The van der Waals surface area contributed by atoms with Crippen LogP contribution in [0.1, 0.15) is 13.8 Å². The van der Waals surface area contributed by atoms with Crippen molar-refractivity contribution in [2.24, 2.45) is 13.0 Å². The van der Waals surface area contributed by atoms with Crippen molar-refractivity contribution < 1.29 is 5.11 Å². The van der Waals surface area contributed by atoms with Gasteiger partial charge in [0.15, 0.2) is 0 Å². The van der Waals surface area contributed by atoms with Gasteiger partial charge in [0.1, 0.15) is 0 Å². The molecule has 2 rings (SSSR count). The molecule has 4 nitrogen and oxygen atoms in total. The van der Waals surface area contributed by atoms with Crippen LogP contribution in [0.5, 0.6) is 0 Å². The summed E-state index contributed by atoms with van der Waals surface area (Å²) in [5.74, 6) is 0.388. The maximum atomic E-state index is 9.29. The standard InChI is InChI=1S/C13H19N3O/c1-9(2)12(7-17)15-10-4-5-13-11(6-10)14-8-16(13)3/h4-6,8-9,12,15,17H,7H2,1-3H3. The van der Waals surface area contributed by atoms with Gasteiger partial charge in [-0.1, -0.05) is 13.8 Å². The summed E-state index contributed by atoms with van der Waals surface area (Å²) < 4.78 is 1.99. The highest BCUT2D eigenvalue weighted by Crippen LogP contribution is 2.19. The van der Waals surface area contributed by atoms with Crippen molar-refractivity contribution >= 4 is 16.7 Å². The molecule has 0 aliphatic heterocycles. The summed E-state index contributed by atoms with van der Waals surface area (Å²) in [6, 6.07) is 6.16. The molecular formula is C13H19N3O. The smallest absolute Gasteiger partial charge is 0.0955 e. The monoisotopic (exact) mass is 233 g/mol. The maximum absolute atomic E-state index is 9.29. The van der Waals surface area contributed by atoms with E-state index in [1.165, 1.54) is 0 Å². The maximum Gasteiger partial charge on any atom is 0.0955 e. The van der Waals surface area contributed by atoms with Gasteiger partial charge in [0.25, 0.3) is 0 Å². The summed E-state index contributed by atoms with van der Waals surface area (Å²) in [7, 11) is 1.98. The number of imidazole rings is 1. The van der Waals surface area contributed by atoms with E-state index in [4.69, 9.17) is 0 Å². The minimum Gasteiger partial charge on any atom is -0.394 e. The third-order valence-electron chi connectivity index (χ3n) is 3.08. The molecule has 0 fully saturated rings. The Balaban J connectivity index is 2.24. The van der Waals surface area contributed by atoms with Gasteiger partial charge in [0, 0.05) is 12.7 Å². The molecule has 0 aliphatic rings. The molecule has 0 aliphatic carbocycles. The molecule has 0 saturated heterocycles. The Hall–Kier alpha value is -1.55. The van der Waals surface area contributed by atoms with Crippen LogP contribution >= 0.6 is 0 Å². The normalized spacial score (nSPS) is 13.2. The van der Waals surface area contributed by atoms with Gasteiger partial charge in [0.2, 0.25) is 0 Å². The van der Waals surface area contributed by atoms with Crippen molar-refractivity contribution in [3.05, 3.63) is 24.5 Å². The van der Waals surface area contributed by atoms with E-state index < -0.39 is 0 Å². The van der Waals surface area contributed by atoms with E-state index in [2.05, 4.69) is 24.1 Å². The fourth-order valence-corrected chi connectivity index (χ4v) is 1.86. The summed E-state index contributed by atoms with van der Waals surface area (Å²) in [5.41, 5.74) is 3.09. The van der Waals surface area contributed by atoms with E-state index in [1.807, 2.05) is 29.8 Å². The Morgan fingerprint density at radius 1 is 1.41 bits per heavy atom. The van der Waals surface area contributed by atoms with Gasteiger partial charge in [-0.05, 0) is 24.1 Å². The molecule has 0 bridgehead atoms. The van der Waals surface area contributed by atoms with Crippen LogP contribution in [0.2, 0.25) is 0 Å². The Kier molecular flexibility index (Phi) is 3.33. The molecule has 2 N–H and O–H groups in total. The molecule has 17 heavy (non-hydrogen) atoms. The Labute approximate surface area is 101 Å². The van der Waals surface area contributed by atoms with E-state index >= 15 is 0 Å². The largest absolute Gasteiger partial charge is 0.394 e. The Morgan fingerprint density at radius 2 is 2.18 bits per heavy atom. The molecule has 0 amide bonds. The van der Waals surface area contributed by atoms with Crippen LogP contribution < -0.4 is 5.32 Å². The lowest BCUT2D eigenvalue weighted by molar-refractivity contribution is 0.249. The molecule has 1 atom stereocenters. The summed E-state index contributed by atoms with van der Waals surface area (Å²) in [4.78, 5) is 4.32. The number of aliphatic hydroxyl groups is 1. The van der Waals surface area contributed by atoms with Gasteiger partial charge >= 0.3 is 0 Å². The third kappa shape index (κ3) is 2.42. The molecule has 1 aromatic carbocycles. The summed E-state index contributed by atoms with van der Waals surface area (Å²) in [6.45, 7) is 4.32. The first-order valence-electron chi connectivity index (χ1n) is 5.90. The SMILES string of the molecule is CC(C)C(CO)Nc1ccc2c(c1)ncn2C. The lowest BCUT2D eigenvalue weighted by Gasteiger charge is -2.21. The summed E-state index contributed by atoms with van der Waals surface area (Å²) in [6.07, 6.45) is 1.81. The summed E-state index contributed by atoms with van der Waals surface area (Å²) in [5, 5.41) is 12.6. The molecular weight excluding hydrogens is 214 g/mol. The van der Waals surface area contributed by atoms with E-state index in [0.717, 1.165) is 16.7 Å². The van der Waals surface area contributed by atoms with Crippen LogP contribution in [-0.2, 0) is 7.05 Å². The van der Waals surface area contributed by atoms with Crippen LogP contribution in [-0.4, -0.2) is 27.3 Å². The first-order valence-corrected chi connectivity index (χ1v) is 5.90. The molecule has 0 saturated carbocycles. The van der Waals surface area contributed by atoms with Crippen molar-refractivity contribution in [2.75, 3.05) is 11.9 Å². The predicted octanol–water partition coefficient (Wildman–Crippen LogP) is 2.00. The average Bonchev–Trinajstić information content (AvgIpc) is 2.67.